The lowest BCUT2D eigenvalue weighted by atomic mass is 10.0. The number of hydrogen-bond donors (Lipinski definition) is 1. The molecular weight excluding hydrogens is 234 g/mol. The van der Waals surface area contributed by atoms with Crippen molar-refractivity contribution in [2.75, 3.05) is 12.8 Å². The first-order valence-electron chi connectivity index (χ1n) is 6.09. The van der Waals surface area contributed by atoms with E-state index >= 15 is 0 Å². The Kier molecular flexibility index (Phi) is 5.19. The van der Waals surface area contributed by atoms with Gasteiger partial charge in [-0.3, -0.25) is 0 Å². The van der Waals surface area contributed by atoms with E-state index in [-0.39, 0.29) is 0 Å². The summed E-state index contributed by atoms with van der Waals surface area (Å²) in [5.74, 6) is 0.578. The maximum absolute atomic E-state index is 5.68. The Hall–Kier alpha value is -2.22. The van der Waals surface area contributed by atoms with Gasteiger partial charge in [0.15, 0.2) is 0 Å². The number of rotatable bonds is 5. The van der Waals surface area contributed by atoms with Gasteiger partial charge in [0.1, 0.15) is 5.76 Å². The molecule has 0 saturated carbocycles. The van der Waals surface area contributed by atoms with Crippen molar-refractivity contribution < 1.29 is 4.74 Å². The molecule has 0 aliphatic carbocycles. The highest BCUT2D eigenvalue weighted by molar-refractivity contribution is 5.70. The minimum absolute atomic E-state index is 0.578. The molecule has 0 fully saturated rings. The Morgan fingerprint density at radius 3 is 2.21 bits per heavy atom. The number of allylic oxidation sites excluding steroid dienone is 4. The van der Waals surface area contributed by atoms with Crippen molar-refractivity contribution >= 4 is 11.3 Å². The predicted molar refractivity (Wildman–Crippen MR) is 83.6 cm³/mol. The summed E-state index contributed by atoms with van der Waals surface area (Å²) in [6.45, 7) is 11.8. The Balaban J connectivity index is 2.91. The van der Waals surface area contributed by atoms with Crippen LogP contribution >= 0.6 is 0 Å². The van der Waals surface area contributed by atoms with Gasteiger partial charge in [-0.1, -0.05) is 37.4 Å². The molecule has 0 bridgehead atoms. The van der Waals surface area contributed by atoms with E-state index in [0.717, 1.165) is 22.4 Å². The van der Waals surface area contributed by atoms with E-state index in [9.17, 15) is 0 Å². The van der Waals surface area contributed by atoms with E-state index in [1.165, 1.54) is 5.57 Å². The molecule has 1 rings (SSSR count). The van der Waals surface area contributed by atoms with Crippen LogP contribution in [0.1, 0.15) is 19.4 Å². The summed E-state index contributed by atoms with van der Waals surface area (Å²) < 4.78 is 5.03. The van der Waals surface area contributed by atoms with Crippen LogP contribution in [0.15, 0.2) is 66.5 Å². The molecule has 1 aromatic rings. The zero-order valence-corrected chi connectivity index (χ0v) is 11.9. The molecule has 0 heterocycles. The van der Waals surface area contributed by atoms with Gasteiger partial charge in [-0.2, -0.15) is 0 Å². The van der Waals surface area contributed by atoms with Crippen LogP contribution < -0.4 is 5.73 Å². The quantitative estimate of drug-likeness (QED) is 0.482. The molecule has 0 unspecified atom stereocenters. The molecule has 2 N–H and O–H groups in total. The summed E-state index contributed by atoms with van der Waals surface area (Å²) >= 11 is 0. The van der Waals surface area contributed by atoms with Crippen LogP contribution in [0.2, 0.25) is 0 Å². The van der Waals surface area contributed by atoms with E-state index in [4.69, 9.17) is 10.5 Å². The van der Waals surface area contributed by atoms with Crippen molar-refractivity contribution in [2.24, 2.45) is 0 Å². The lowest BCUT2D eigenvalue weighted by Crippen LogP contribution is -1.88. The van der Waals surface area contributed by atoms with E-state index in [0.29, 0.717) is 5.76 Å². The summed E-state index contributed by atoms with van der Waals surface area (Å²) in [7, 11) is 1.59. The van der Waals surface area contributed by atoms with Gasteiger partial charge < -0.3 is 10.5 Å². The average Bonchev–Trinajstić information content (AvgIpc) is 2.43. The molecule has 0 aromatic heterocycles. The van der Waals surface area contributed by atoms with E-state index < -0.39 is 0 Å². The molecule has 0 radical (unpaired) electrons. The lowest BCUT2D eigenvalue weighted by Gasteiger charge is -2.06. The number of ether oxygens (including phenoxy) is 1. The second-order valence-electron chi connectivity index (χ2n) is 4.42. The molecule has 2 nitrogen and oxygen atoms in total. The van der Waals surface area contributed by atoms with Crippen molar-refractivity contribution in [2.45, 2.75) is 13.8 Å². The number of anilines is 1. The highest BCUT2D eigenvalue weighted by Crippen LogP contribution is 2.20. The minimum atomic E-state index is 0.578. The minimum Gasteiger partial charge on any atom is -0.497 e. The summed E-state index contributed by atoms with van der Waals surface area (Å²) in [5.41, 5.74) is 10.8. The van der Waals surface area contributed by atoms with Gasteiger partial charge in [0.05, 0.1) is 7.11 Å². The van der Waals surface area contributed by atoms with Crippen LogP contribution in [0.5, 0.6) is 0 Å². The zero-order valence-electron chi connectivity index (χ0n) is 11.9. The highest BCUT2D eigenvalue weighted by Gasteiger charge is 1.99. The third-order valence-corrected chi connectivity index (χ3v) is 3.07. The number of hydrogen-bond acceptors (Lipinski definition) is 2. The van der Waals surface area contributed by atoms with E-state index in [1.54, 1.807) is 7.11 Å². The smallest absolute Gasteiger partial charge is 0.118 e. The fourth-order valence-corrected chi connectivity index (χ4v) is 1.54. The fraction of sp³-hybridized carbons (Fsp3) is 0.176. The molecule has 0 aliphatic rings. The molecule has 0 amide bonds. The fourth-order valence-electron chi connectivity index (χ4n) is 1.54. The first-order valence-corrected chi connectivity index (χ1v) is 6.09. The number of benzene rings is 1. The first kappa shape index (κ1) is 14.8. The van der Waals surface area contributed by atoms with Crippen LogP contribution in [0.25, 0.3) is 5.57 Å². The van der Waals surface area contributed by atoms with Gasteiger partial charge in [-0.25, -0.2) is 0 Å². The SMILES string of the molecule is C=C(/C=C\C(C)=C(/C)c1ccc(N)cc1)C(=C)OC. The summed E-state index contributed by atoms with van der Waals surface area (Å²) in [4.78, 5) is 0. The normalized spacial score (nSPS) is 12.2. The second-order valence-corrected chi connectivity index (χ2v) is 4.42. The Morgan fingerprint density at radius 2 is 1.68 bits per heavy atom. The van der Waals surface area contributed by atoms with Gasteiger partial charge in [0.25, 0.3) is 0 Å². The molecule has 1 aromatic carbocycles. The Labute approximate surface area is 115 Å². The van der Waals surface area contributed by atoms with Gasteiger partial charge >= 0.3 is 0 Å². The Morgan fingerprint density at radius 1 is 1.11 bits per heavy atom. The summed E-state index contributed by atoms with van der Waals surface area (Å²) in [6.07, 6.45) is 3.92. The number of methoxy groups -OCH3 is 1. The monoisotopic (exact) mass is 255 g/mol. The van der Waals surface area contributed by atoms with Crippen LogP contribution in [0, 0.1) is 0 Å². The number of nitrogens with two attached hydrogens (primary N) is 1. The maximum Gasteiger partial charge on any atom is 0.118 e. The Bertz CT molecular complexity index is 533. The summed E-state index contributed by atoms with van der Waals surface area (Å²) in [6, 6.07) is 7.85. The largest absolute Gasteiger partial charge is 0.497 e. The topological polar surface area (TPSA) is 35.2 Å². The molecule has 0 saturated heterocycles. The van der Waals surface area contributed by atoms with E-state index in [1.807, 2.05) is 36.4 Å². The molecule has 0 aliphatic heterocycles. The van der Waals surface area contributed by atoms with E-state index in [2.05, 4.69) is 27.0 Å². The molecule has 0 atom stereocenters. The maximum atomic E-state index is 5.68. The van der Waals surface area contributed by atoms with Crippen LogP contribution in [0.4, 0.5) is 5.69 Å². The lowest BCUT2D eigenvalue weighted by molar-refractivity contribution is 0.305. The van der Waals surface area contributed by atoms with Gasteiger partial charge in [-0.15, -0.1) is 0 Å². The average molecular weight is 255 g/mol. The summed E-state index contributed by atoms with van der Waals surface area (Å²) in [5, 5.41) is 0. The molecule has 100 valence electrons. The van der Waals surface area contributed by atoms with Gasteiger partial charge in [0, 0.05) is 11.3 Å². The molecule has 0 spiro atoms. The second kappa shape index (κ2) is 6.64. The predicted octanol–water partition coefficient (Wildman–Crippen LogP) is 4.33. The van der Waals surface area contributed by atoms with Gasteiger partial charge in [0.2, 0.25) is 0 Å². The first-order chi connectivity index (χ1) is 8.95. The molecule has 2 heteroatoms. The van der Waals surface area contributed by atoms with Crippen molar-refractivity contribution in [3.05, 3.63) is 72.0 Å². The van der Waals surface area contributed by atoms with Crippen molar-refractivity contribution in [3.8, 4) is 0 Å². The third kappa shape index (κ3) is 4.18. The number of nitrogen functional groups attached to an aromatic ring is 1. The van der Waals surface area contributed by atoms with Crippen molar-refractivity contribution in [3.63, 3.8) is 0 Å². The third-order valence-electron chi connectivity index (χ3n) is 3.07. The molecular formula is C17H21NO. The van der Waals surface area contributed by atoms with Gasteiger partial charge in [-0.05, 0) is 42.7 Å². The highest BCUT2D eigenvalue weighted by atomic mass is 16.5. The van der Waals surface area contributed by atoms with Crippen molar-refractivity contribution in [1.29, 1.82) is 0 Å². The van der Waals surface area contributed by atoms with Crippen LogP contribution in [-0.4, -0.2) is 7.11 Å². The molecule has 19 heavy (non-hydrogen) atoms. The van der Waals surface area contributed by atoms with Crippen LogP contribution in [-0.2, 0) is 4.74 Å². The van der Waals surface area contributed by atoms with Crippen molar-refractivity contribution in [1.82, 2.24) is 0 Å². The zero-order chi connectivity index (χ0) is 14.4. The standard InChI is InChI=1S/C17H21NO/c1-12(6-7-13(2)15(4)19-5)14(3)16-8-10-17(18)11-9-16/h6-11H,2,4,18H2,1,3,5H3/b7-6-,14-12+. The van der Waals surface area contributed by atoms with Crippen LogP contribution in [0.3, 0.4) is 0 Å².